The molecule has 1 aliphatic rings. The van der Waals surface area contributed by atoms with Gasteiger partial charge in [-0.2, -0.15) is 4.31 Å². The van der Waals surface area contributed by atoms with E-state index >= 15 is 0 Å². The van der Waals surface area contributed by atoms with Crippen LogP contribution in [0.25, 0.3) is 0 Å². The minimum Gasteiger partial charge on any atom is -0.355 e. The van der Waals surface area contributed by atoms with Crippen molar-refractivity contribution in [2.45, 2.75) is 12.8 Å². The number of sulfonamides is 1. The molecular weight excluding hydrogens is 447 g/mol. The second-order valence-electron chi connectivity index (χ2n) is 6.95. The van der Waals surface area contributed by atoms with Crippen LogP contribution in [0.5, 0.6) is 0 Å². The number of nitrogens with one attached hydrogen (secondary N) is 1. The van der Waals surface area contributed by atoms with Crippen LogP contribution in [0.15, 0.2) is 42.6 Å². The number of aromatic nitrogens is 1. The van der Waals surface area contributed by atoms with Crippen molar-refractivity contribution in [2.24, 2.45) is 0 Å². The number of anilines is 1. The number of nitrogens with zero attached hydrogens (tertiary/aromatic N) is 3. The van der Waals surface area contributed by atoms with Crippen molar-refractivity contribution in [3.63, 3.8) is 0 Å². The molecule has 1 aliphatic heterocycles. The molecule has 0 bridgehead atoms. The quantitative estimate of drug-likeness (QED) is 0.640. The molecule has 0 saturated carbocycles. The molecule has 7 nitrogen and oxygen atoms in total. The Balaban J connectivity index is 1.41. The fraction of sp³-hybridized carbons (Fsp3) is 0.400. The van der Waals surface area contributed by atoms with Crippen LogP contribution >= 0.6 is 23.2 Å². The number of hydrogen-bond donors (Lipinski definition) is 1. The van der Waals surface area contributed by atoms with Crippen molar-refractivity contribution in [1.82, 2.24) is 14.6 Å². The largest absolute Gasteiger partial charge is 0.355 e. The molecule has 1 amide bonds. The summed E-state index contributed by atoms with van der Waals surface area (Å²) in [6, 6.07) is 11.0. The number of halogens is 2. The average Bonchev–Trinajstić information content (AvgIpc) is 2.75. The van der Waals surface area contributed by atoms with E-state index in [-0.39, 0.29) is 24.6 Å². The van der Waals surface area contributed by atoms with E-state index in [1.807, 2.05) is 24.3 Å². The Morgan fingerprint density at radius 1 is 1.07 bits per heavy atom. The van der Waals surface area contributed by atoms with Crippen LogP contribution in [0.3, 0.4) is 0 Å². The van der Waals surface area contributed by atoms with Crippen LogP contribution in [0.2, 0.25) is 10.0 Å². The maximum absolute atomic E-state index is 12.6. The maximum Gasteiger partial charge on any atom is 0.220 e. The summed E-state index contributed by atoms with van der Waals surface area (Å²) in [6.07, 6.45) is 2.37. The summed E-state index contributed by atoms with van der Waals surface area (Å²) in [5.41, 5.74) is 0.790. The number of rotatable bonds is 8. The van der Waals surface area contributed by atoms with Gasteiger partial charge in [-0.1, -0.05) is 41.4 Å². The van der Waals surface area contributed by atoms with Gasteiger partial charge in [-0.05, 0) is 30.2 Å². The Kier molecular flexibility index (Phi) is 7.93. The zero-order valence-corrected chi connectivity index (χ0v) is 18.8. The minimum absolute atomic E-state index is 0.0743. The Bertz CT molecular complexity index is 965. The molecule has 1 fully saturated rings. The first kappa shape index (κ1) is 22.8. The molecule has 0 spiro atoms. The molecule has 3 rings (SSSR count). The molecule has 1 saturated heterocycles. The third-order valence-electron chi connectivity index (χ3n) is 4.94. The van der Waals surface area contributed by atoms with Crippen molar-refractivity contribution in [1.29, 1.82) is 0 Å². The first-order chi connectivity index (χ1) is 14.4. The summed E-state index contributed by atoms with van der Waals surface area (Å²) in [4.78, 5) is 18.4. The fourth-order valence-corrected chi connectivity index (χ4v) is 5.02. The van der Waals surface area contributed by atoms with Crippen molar-refractivity contribution in [3.05, 3.63) is 58.2 Å². The van der Waals surface area contributed by atoms with E-state index in [1.165, 1.54) is 4.31 Å². The number of carbonyl (C=O) groups excluding carboxylic acids is 1. The number of amides is 1. The molecule has 10 heteroatoms. The van der Waals surface area contributed by atoms with E-state index in [0.717, 1.165) is 11.4 Å². The lowest BCUT2D eigenvalue weighted by atomic mass is 10.1. The molecule has 2 heterocycles. The normalized spacial score (nSPS) is 15.2. The molecular formula is C20H24Cl2N4O3S. The summed E-state index contributed by atoms with van der Waals surface area (Å²) in [6.45, 7) is 2.05. The lowest BCUT2D eigenvalue weighted by molar-refractivity contribution is -0.120. The monoisotopic (exact) mass is 470 g/mol. The van der Waals surface area contributed by atoms with Crippen LogP contribution in [-0.2, 0) is 21.2 Å². The van der Waals surface area contributed by atoms with Gasteiger partial charge in [-0.15, -0.1) is 0 Å². The predicted molar refractivity (Wildman–Crippen MR) is 120 cm³/mol. The highest BCUT2D eigenvalue weighted by molar-refractivity contribution is 7.89. The van der Waals surface area contributed by atoms with Gasteiger partial charge >= 0.3 is 0 Å². The van der Waals surface area contributed by atoms with Crippen LogP contribution in [0.1, 0.15) is 12.0 Å². The standard InChI is InChI=1S/C20H24Cl2N4O3S/c21-17-5-3-4-16(20(17)22)7-8-19(27)24-10-15-30(28,29)26-13-11-25(12-14-26)18-6-1-2-9-23-18/h1-6,9H,7-8,10-15H2,(H,24,27). The highest BCUT2D eigenvalue weighted by Gasteiger charge is 2.27. The van der Waals surface area contributed by atoms with E-state index in [0.29, 0.717) is 42.6 Å². The van der Waals surface area contributed by atoms with Crippen LogP contribution in [-0.4, -0.2) is 62.1 Å². The lowest BCUT2D eigenvalue weighted by Crippen LogP contribution is -2.50. The van der Waals surface area contributed by atoms with Gasteiger partial charge in [0.1, 0.15) is 5.82 Å². The second-order valence-corrected chi connectivity index (χ2v) is 9.83. The molecule has 30 heavy (non-hydrogen) atoms. The summed E-state index contributed by atoms with van der Waals surface area (Å²) in [7, 11) is -3.43. The summed E-state index contributed by atoms with van der Waals surface area (Å²) >= 11 is 12.1. The van der Waals surface area contributed by atoms with Gasteiger partial charge in [-0.3, -0.25) is 4.79 Å². The van der Waals surface area contributed by atoms with E-state index in [4.69, 9.17) is 23.2 Å². The number of hydrogen-bond acceptors (Lipinski definition) is 5. The number of benzene rings is 1. The Morgan fingerprint density at radius 2 is 1.83 bits per heavy atom. The van der Waals surface area contributed by atoms with Crippen LogP contribution in [0, 0.1) is 0 Å². The second kappa shape index (κ2) is 10.4. The van der Waals surface area contributed by atoms with Crippen molar-refractivity contribution >= 4 is 45.0 Å². The first-order valence-electron chi connectivity index (χ1n) is 9.70. The highest BCUT2D eigenvalue weighted by Crippen LogP contribution is 2.26. The van der Waals surface area contributed by atoms with Crippen molar-refractivity contribution in [3.8, 4) is 0 Å². The van der Waals surface area contributed by atoms with E-state index in [9.17, 15) is 13.2 Å². The molecule has 162 valence electrons. The number of carbonyl (C=O) groups is 1. The van der Waals surface area contributed by atoms with Crippen molar-refractivity contribution < 1.29 is 13.2 Å². The van der Waals surface area contributed by atoms with Gasteiger partial charge in [0.15, 0.2) is 0 Å². The highest BCUT2D eigenvalue weighted by atomic mass is 35.5. The van der Waals surface area contributed by atoms with E-state index in [2.05, 4.69) is 15.2 Å². The molecule has 0 aliphatic carbocycles. The summed E-state index contributed by atoms with van der Waals surface area (Å²) in [5.74, 6) is 0.503. The molecule has 0 radical (unpaired) electrons. The van der Waals surface area contributed by atoms with Gasteiger partial charge in [0, 0.05) is 45.3 Å². The molecule has 2 aromatic rings. The molecule has 1 aromatic heterocycles. The van der Waals surface area contributed by atoms with Gasteiger partial charge in [-0.25, -0.2) is 13.4 Å². The van der Waals surface area contributed by atoms with Gasteiger partial charge in [0.2, 0.25) is 15.9 Å². The molecule has 1 N–H and O–H groups in total. The maximum atomic E-state index is 12.6. The number of aryl methyl sites for hydroxylation is 1. The first-order valence-corrected chi connectivity index (χ1v) is 12.1. The smallest absolute Gasteiger partial charge is 0.220 e. The molecule has 1 aromatic carbocycles. The average molecular weight is 471 g/mol. The number of pyridine rings is 1. The lowest BCUT2D eigenvalue weighted by Gasteiger charge is -2.34. The Labute approximate surface area is 187 Å². The molecule has 0 unspecified atom stereocenters. The van der Waals surface area contributed by atoms with Gasteiger partial charge < -0.3 is 10.2 Å². The summed E-state index contributed by atoms with van der Waals surface area (Å²) < 4.78 is 26.6. The zero-order valence-electron chi connectivity index (χ0n) is 16.4. The number of piperazine rings is 1. The molecule has 0 atom stereocenters. The fourth-order valence-electron chi connectivity index (χ4n) is 3.26. The third kappa shape index (κ3) is 6.07. The van der Waals surface area contributed by atoms with E-state index in [1.54, 1.807) is 18.3 Å². The third-order valence-corrected chi connectivity index (χ3v) is 7.67. The van der Waals surface area contributed by atoms with Crippen molar-refractivity contribution in [2.75, 3.05) is 43.4 Å². The SMILES string of the molecule is O=C(CCc1cccc(Cl)c1Cl)NCCS(=O)(=O)N1CCN(c2ccccn2)CC1. The topological polar surface area (TPSA) is 82.6 Å². The Morgan fingerprint density at radius 3 is 2.53 bits per heavy atom. The Hall–Kier alpha value is -1.87. The van der Waals surface area contributed by atoms with Gasteiger partial charge in [0.05, 0.1) is 15.8 Å². The summed E-state index contributed by atoms with van der Waals surface area (Å²) in [5, 5.41) is 3.57. The van der Waals surface area contributed by atoms with Crippen LogP contribution in [0.4, 0.5) is 5.82 Å². The zero-order chi connectivity index (χ0) is 21.6. The van der Waals surface area contributed by atoms with Gasteiger partial charge in [0.25, 0.3) is 0 Å². The predicted octanol–water partition coefficient (Wildman–Crippen LogP) is 2.59. The van der Waals surface area contributed by atoms with Crippen LogP contribution < -0.4 is 10.2 Å². The minimum atomic E-state index is -3.43. The van der Waals surface area contributed by atoms with E-state index < -0.39 is 10.0 Å².